The minimum atomic E-state index is -0.310. The Morgan fingerprint density at radius 2 is 1.76 bits per heavy atom. The monoisotopic (exact) mass is 338 g/mol. The smallest absolute Gasteiger partial charge is 0.249 e. The number of piperazine rings is 1. The average molecular weight is 338 g/mol. The van der Waals surface area contributed by atoms with Gasteiger partial charge >= 0.3 is 0 Å². The highest BCUT2D eigenvalue weighted by Crippen LogP contribution is 2.25. The van der Waals surface area contributed by atoms with E-state index in [1.165, 1.54) is 11.6 Å². The molecule has 1 saturated heterocycles. The number of nitrogens with zero attached hydrogens (tertiary/aromatic N) is 2. The van der Waals surface area contributed by atoms with Crippen LogP contribution in [0.15, 0.2) is 60.2 Å². The number of amides is 1. The molecule has 25 heavy (non-hydrogen) atoms. The topological polar surface area (TPSA) is 23.6 Å². The summed E-state index contributed by atoms with van der Waals surface area (Å²) < 4.78 is 13.8. The standard InChI is InChI=1S/C21H23FN2O/c1-16(14-18-10-6-7-11-19(18)22)21(25)24-13-12-23(2)20(15-24)17-8-4-3-5-9-17/h3-11,14,20H,12-13,15H2,1-2H3/b16-14+. The van der Waals surface area contributed by atoms with E-state index in [4.69, 9.17) is 0 Å². The van der Waals surface area contributed by atoms with Crippen molar-refractivity contribution in [2.45, 2.75) is 13.0 Å². The first-order valence-electron chi connectivity index (χ1n) is 8.53. The van der Waals surface area contributed by atoms with Gasteiger partial charge < -0.3 is 4.90 Å². The number of hydrogen-bond acceptors (Lipinski definition) is 2. The lowest BCUT2D eigenvalue weighted by atomic mass is 10.0. The Bertz CT molecular complexity index is 772. The molecule has 1 fully saturated rings. The molecular weight excluding hydrogens is 315 g/mol. The maximum Gasteiger partial charge on any atom is 0.249 e. The van der Waals surface area contributed by atoms with E-state index >= 15 is 0 Å². The minimum Gasteiger partial charge on any atom is -0.336 e. The molecule has 0 aliphatic carbocycles. The van der Waals surface area contributed by atoms with Gasteiger partial charge in [0, 0.05) is 30.8 Å². The Morgan fingerprint density at radius 1 is 1.08 bits per heavy atom. The highest BCUT2D eigenvalue weighted by molar-refractivity contribution is 5.97. The summed E-state index contributed by atoms with van der Waals surface area (Å²) in [6.45, 7) is 3.89. The van der Waals surface area contributed by atoms with E-state index < -0.39 is 0 Å². The van der Waals surface area contributed by atoms with Crippen LogP contribution < -0.4 is 0 Å². The molecule has 0 radical (unpaired) electrons. The fourth-order valence-corrected chi connectivity index (χ4v) is 3.23. The van der Waals surface area contributed by atoms with Crippen LogP contribution in [0.5, 0.6) is 0 Å². The second-order valence-corrected chi connectivity index (χ2v) is 6.51. The van der Waals surface area contributed by atoms with Crippen molar-refractivity contribution in [2.24, 2.45) is 0 Å². The van der Waals surface area contributed by atoms with Gasteiger partial charge in [-0.15, -0.1) is 0 Å². The van der Waals surface area contributed by atoms with Gasteiger partial charge in [0.25, 0.3) is 0 Å². The number of likely N-dealkylation sites (N-methyl/N-ethyl adjacent to an activating group) is 1. The summed E-state index contributed by atoms with van der Waals surface area (Å²) in [4.78, 5) is 17.0. The predicted octanol–water partition coefficient (Wildman–Crippen LogP) is 3.74. The van der Waals surface area contributed by atoms with Crippen molar-refractivity contribution >= 4 is 12.0 Å². The third-order valence-corrected chi connectivity index (χ3v) is 4.73. The second-order valence-electron chi connectivity index (χ2n) is 6.51. The molecule has 1 aliphatic heterocycles. The van der Waals surface area contributed by atoms with E-state index in [1.807, 2.05) is 23.1 Å². The van der Waals surface area contributed by atoms with Crippen LogP contribution in [0.3, 0.4) is 0 Å². The lowest BCUT2D eigenvalue weighted by Gasteiger charge is -2.40. The van der Waals surface area contributed by atoms with Gasteiger partial charge in [0.2, 0.25) is 5.91 Å². The van der Waals surface area contributed by atoms with Crippen molar-refractivity contribution in [1.82, 2.24) is 9.80 Å². The van der Waals surface area contributed by atoms with Crippen LogP contribution in [0.25, 0.3) is 6.08 Å². The molecule has 1 atom stereocenters. The molecule has 1 aliphatic rings. The molecule has 3 nitrogen and oxygen atoms in total. The van der Waals surface area contributed by atoms with Gasteiger partial charge in [-0.25, -0.2) is 4.39 Å². The van der Waals surface area contributed by atoms with E-state index in [1.54, 1.807) is 31.2 Å². The van der Waals surface area contributed by atoms with Gasteiger partial charge in [0.1, 0.15) is 5.82 Å². The molecular formula is C21H23FN2O. The Kier molecular flexibility index (Phi) is 5.29. The zero-order chi connectivity index (χ0) is 17.8. The number of benzene rings is 2. The van der Waals surface area contributed by atoms with Gasteiger partial charge in [0.15, 0.2) is 0 Å². The highest BCUT2D eigenvalue weighted by atomic mass is 19.1. The van der Waals surface area contributed by atoms with Gasteiger partial charge in [-0.05, 0) is 31.7 Å². The fraction of sp³-hybridized carbons (Fsp3) is 0.286. The number of carbonyl (C=O) groups excluding carboxylic acids is 1. The third kappa shape index (κ3) is 3.97. The van der Waals surface area contributed by atoms with Crippen molar-refractivity contribution in [3.8, 4) is 0 Å². The Labute approximate surface area is 148 Å². The molecule has 2 aromatic carbocycles. The first kappa shape index (κ1) is 17.4. The zero-order valence-corrected chi connectivity index (χ0v) is 14.7. The molecule has 0 saturated carbocycles. The van der Waals surface area contributed by atoms with Crippen LogP contribution >= 0.6 is 0 Å². The molecule has 1 heterocycles. The molecule has 0 aromatic heterocycles. The first-order chi connectivity index (χ1) is 12.1. The van der Waals surface area contributed by atoms with E-state index in [0.717, 1.165) is 6.54 Å². The molecule has 4 heteroatoms. The highest BCUT2D eigenvalue weighted by Gasteiger charge is 2.28. The van der Waals surface area contributed by atoms with E-state index in [2.05, 4.69) is 24.1 Å². The molecule has 1 amide bonds. The summed E-state index contributed by atoms with van der Waals surface area (Å²) >= 11 is 0. The zero-order valence-electron chi connectivity index (χ0n) is 14.7. The molecule has 3 rings (SSSR count). The molecule has 0 bridgehead atoms. The summed E-state index contributed by atoms with van der Waals surface area (Å²) in [5.74, 6) is -0.340. The van der Waals surface area contributed by atoms with Crippen LogP contribution in [0.2, 0.25) is 0 Å². The maximum absolute atomic E-state index is 13.8. The third-order valence-electron chi connectivity index (χ3n) is 4.73. The molecule has 130 valence electrons. The first-order valence-corrected chi connectivity index (χ1v) is 8.53. The van der Waals surface area contributed by atoms with Crippen LogP contribution in [-0.2, 0) is 4.79 Å². The quantitative estimate of drug-likeness (QED) is 0.796. The number of hydrogen-bond donors (Lipinski definition) is 0. The van der Waals surface area contributed by atoms with E-state index in [0.29, 0.717) is 24.2 Å². The van der Waals surface area contributed by atoms with Gasteiger partial charge in [-0.3, -0.25) is 9.69 Å². The second kappa shape index (κ2) is 7.62. The largest absolute Gasteiger partial charge is 0.336 e. The van der Waals surface area contributed by atoms with Crippen LogP contribution in [0.4, 0.5) is 4.39 Å². The SMILES string of the molecule is C/C(=C\c1ccccc1F)C(=O)N1CCN(C)C(c2ccccc2)C1. The van der Waals surface area contributed by atoms with Crippen molar-refractivity contribution < 1.29 is 9.18 Å². The van der Waals surface area contributed by atoms with Gasteiger partial charge in [0.05, 0.1) is 6.04 Å². The Balaban J connectivity index is 1.77. The minimum absolute atomic E-state index is 0.0303. The van der Waals surface area contributed by atoms with E-state index in [9.17, 15) is 9.18 Å². The fourth-order valence-electron chi connectivity index (χ4n) is 3.23. The number of carbonyl (C=O) groups is 1. The predicted molar refractivity (Wildman–Crippen MR) is 98.4 cm³/mol. The molecule has 0 spiro atoms. The van der Waals surface area contributed by atoms with Crippen molar-refractivity contribution in [3.05, 3.63) is 77.1 Å². The Morgan fingerprint density at radius 3 is 2.48 bits per heavy atom. The number of rotatable bonds is 3. The van der Waals surface area contributed by atoms with Crippen molar-refractivity contribution in [2.75, 3.05) is 26.7 Å². The van der Waals surface area contributed by atoms with Crippen LogP contribution in [0, 0.1) is 5.82 Å². The summed E-state index contributed by atoms with van der Waals surface area (Å²) in [5.41, 5.74) is 2.21. The lowest BCUT2D eigenvalue weighted by Crippen LogP contribution is -2.49. The molecule has 2 aromatic rings. The van der Waals surface area contributed by atoms with Crippen molar-refractivity contribution in [1.29, 1.82) is 0 Å². The lowest BCUT2D eigenvalue weighted by molar-refractivity contribution is -0.129. The normalized spacial score (nSPS) is 19.1. The van der Waals surface area contributed by atoms with Gasteiger partial charge in [-0.2, -0.15) is 0 Å². The van der Waals surface area contributed by atoms with E-state index in [-0.39, 0.29) is 17.8 Å². The molecule has 1 unspecified atom stereocenters. The summed E-state index contributed by atoms with van der Waals surface area (Å²) in [5, 5.41) is 0. The Hall–Kier alpha value is -2.46. The average Bonchev–Trinajstić information content (AvgIpc) is 2.64. The summed E-state index contributed by atoms with van der Waals surface area (Å²) in [7, 11) is 2.08. The van der Waals surface area contributed by atoms with Crippen LogP contribution in [0.1, 0.15) is 24.1 Å². The summed E-state index contributed by atoms with van der Waals surface area (Å²) in [6.07, 6.45) is 1.63. The summed E-state index contributed by atoms with van der Waals surface area (Å²) in [6, 6.07) is 16.9. The maximum atomic E-state index is 13.8. The van der Waals surface area contributed by atoms with Gasteiger partial charge in [-0.1, -0.05) is 48.5 Å². The number of halogens is 1. The molecule has 0 N–H and O–H groups in total. The van der Waals surface area contributed by atoms with Crippen molar-refractivity contribution in [3.63, 3.8) is 0 Å². The van der Waals surface area contributed by atoms with Crippen LogP contribution in [-0.4, -0.2) is 42.4 Å².